The van der Waals surface area contributed by atoms with Crippen molar-refractivity contribution in [2.45, 2.75) is 32.7 Å². The van der Waals surface area contributed by atoms with Crippen LogP contribution in [0.25, 0.3) is 0 Å². The van der Waals surface area contributed by atoms with Crippen LogP contribution >= 0.6 is 11.5 Å². The number of aromatic nitrogens is 1. The molecule has 5 heteroatoms. The molecule has 0 aliphatic carbocycles. The summed E-state index contributed by atoms with van der Waals surface area (Å²) in [7, 11) is 1.65. The number of nitrogens with two attached hydrogens (primary N) is 1. The Morgan fingerprint density at radius 2 is 2.25 bits per heavy atom. The summed E-state index contributed by atoms with van der Waals surface area (Å²) in [5.41, 5.74) is 5.79. The summed E-state index contributed by atoms with van der Waals surface area (Å²) in [6, 6.07) is 0.530. The number of anilines is 2. The van der Waals surface area contributed by atoms with E-state index in [1.54, 1.807) is 7.11 Å². The molecule has 2 unspecified atom stereocenters. The minimum atomic E-state index is 0.507. The average Bonchev–Trinajstić information content (AvgIpc) is 2.63. The number of hydrogen-bond donors (Lipinski definition) is 1. The largest absolute Gasteiger partial charge is 0.490 e. The molecule has 1 fully saturated rings. The molecule has 0 spiro atoms. The van der Waals surface area contributed by atoms with Gasteiger partial charge in [-0.25, -0.2) is 0 Å². The molecule has 1 aromatic heterocycles. The van der Waals surface area contributed by atoms with E-state index in [0.717, 1.165) is 17.3 Å². The molecule has 0 saturated carbocycles. The number of piperidine rings is 1. The third-order valence-electron chi connectivity index (χ3n) is 3.50. The molecule has 4 nitrogen and oxygen atoms in total. The van der Waals surface area contributed by atoms with E-state index < -0.39 is 0 Å². The molecular weight excluding hydrogens is 222 g/mol. The number of ether oxygens (including phenoxy) is 1. The molecule has 1 aromatic rings. The van der Waals surface area contributed by atoms with Crippen molar-refractivity contribution in [2.24, 2.45) is 5.92 Å². The molecule has 0 aromatic carbocycles. The first-order valence-corrected chi connectivity index (χ1v) is 6.48. The highest BCUT2D eigenvalue weighted by Gasteiger charge is 2.29. The van der Waals surface area contributed by atoms with Gasteiger partial charge in [0, 0.05) is 12.6 Å². The third-order valence-corrected chi connectivity index (χ3v) is 4.38. The molecule has 90 valence electrons. The number of nitrogens with zero attached hydrogens (tertiary/aromatic N) is 2. The standard InChI is InChI=1S/C11H19N3OS/c1-7-5-4-6-14(8(7)2)11-9(15-3)10(12)13-16-11/h7-8H,4-6H2,1-3H3,(H2,12,13). The molecule has 1 aliphatic rings. The lowest BCUT2D eigenvalue weighted by Gasteiger charge is -2.38. The van der Waals surface area contributed by atoms with Gasteiger partial charge < -0.3 is 15.4 Å². The lowest BCUT2D eigenvalue weighted by atomic mass is 9.92. The minimum Gasteiger partial charge on any atom is -0.490 e. The Kier molecular flexibility index (Phi) is 3.23. The molecule has 16 heavy (non-hydrogen) atoms. The van der Waals surface area contributed by atoms with Crippen LogP contribution in [0, 0.1) is 5.92 Å². The summed E-state index contributed by atoms with van der Waals surface area (Å²) in [6.07, 6.45) is 2.53. The second-order valence-electron chi connectivity index (χ2n) is 4.46. The van der Waals surface area contributed by atoms with Crippen LogP contribution in [0.5, 0.6) is 5.75 Å². The van der Waals surface area contributed by atoms with Gasteiger partial charge in [-0.05, 0) is 37.2 Å². The smallest absolute Gasteiger partial charge is 0.197 e. The van der Waals surface area contributed by atoms with Crippen LogP contribution in [-0.2, 0) is 0 Å². The minimum absolute atomic E-state index is 0.507. The van der Waals surface area contributed by atoms with Crippen molar-refractivity contribution in [2.75, 3.05) is 24.3 Å². The van der Waals surface area contributed by atoms with E-state index >= 15 is 0 Å². The average molecular weight is 241 g/mol. The van der Waals surface area contributed by atoms with E-state index in [0.29, 0.717) is 17.8 Å². The third kappa shape index (κ3) is 1.84. The van der Waals surface area contributed by atoms with Gasteiger partial charge in [-0.3, -0.25) is 0 Å². The summed E-state index contributed by atoms with van der Waals surface area (Å²) in [5, 5.41) is 1.08. The van der Waals surface area contributed by atoms with Gasteiger partial charge in [0.05, 0.1) is 7.11 Å². The number of hydrogen-bond acceptors (Lipinski definition) is 5. The van der Waals surface area contributed by atoms with Crippen LogP contribution in [0.1, 0.15) is 26.7 Å². The maximum absolute atomic E-state index is 5.79. The van der Waals surface area contributed by atoms with Gasteiger partial charge in [0.2, 0.25) is 0 Å². The van der Waals surface area contributed by atoms with Gasteiger partial charge in [0.1, 0.15) is 0 Å². The zero-order valence-corrected chi connectivity index (χ0v) is 10.9. The summed E-state index contributed by atoms with van der Waals surface area (Å²) < 4.78 is 9.51. The first kappa shape index (κ1) is 11.5. The monoisotopic (exact) mass is 241 g/mol. The molecule has 2 rings (SSSR count). The lowest BCUT2D eigenvalue weighted by Crippen LogP contribution is -2.42. The van der Waals surface area contributed by atoms with Crippen LogP contribution in [0.2, 0.25) is 0 Å². The Morgan fingerprint density at radius 3 is 2.94 bits per heavy atom. The molecule has 0 bridgehead atoms. The molecule has 1 saturated heterocycles. The van der Waals surface area contributed by atoms with Crippen LogP contribution in [0.4, 0.5) is 10.8 Å². The summed E-state index contributed by atoms with van der Waals surface area (Å²) >= 11 is 1.44. The van der Waals surface area contributed by atoms with Crippen molar-refractivity contribution in [3.63, 3.8) is 0 Å². The predicted molar refractivity (Wildman–Crippen MR) is 68.3 cm³/mol. The van der Waals surface area contributed by atoms with E-state index in [9.17, 15) is 0 Å². The number of rotatable bonds is 2. The highest BCUT2D eigenvalue weighted by molar-refractivity contribution is 7.11. The second-order valence-corrected chi connectivity index (χ2v) is 5.21. The van der Waals surface area contributed by atoms with E-state index in [1.165, 1.54) is 24.4 Å². The maximum atomic E-state index is 5.79. The van der Waals surface area contributed by atoms with Crippen LogP contribution in [0.3, 0.4) is 0 Å². The summed E-state index contributed by atoms with van der Waals surface area (Å²) in [6.45, 7) is 5.64. The van der Waals surface area contributed by atoms with Crippen LogP contribution in [0.15, 0.2) is 0 Å². The van der Waals surface area contributed by atoms with Crippen molar-refractivity contribution >= 4 is 22.4 Å². The zero-order valence-electron chi connectivity index (χ0n) is 10.1. The van der Waals surface area contributed by atoms with Crippen molar-refractivity contribution in [3.05, 3.63) is 0 Å². The van der Waals surface area contributed by atoms with Gasteiger partial charge in [-0.15, -0.1) is 0 Å². The molecule has 2 heterocycles. The van der Waals surface area contributed by atoms with Gasteiger partial charge >= 0.3 is 0 Å². The van der Waals surface area contributed by atoms with Gasteiger partial charge in [-0.1, -0.05) is 6.92 Å². The Labute approximate surface area is 101 Å². The maximum Gasteiger partial charge on any atom is 0.197 e. The summed E-state index contributed by atoms with van der Waals surface area (Å²) in [5.74, 6) is 1.96. The fraction of sp³-hybridized carbons (Fsp3) is 0.727. The van der Waals surface area contributed by atoms with E-state index in [-0.39, 0.29) is 0 Å². The quantitative estimate of drug-likeness (QED) is 0.863. The van der Waals surface area contributed by atoms with Crippen molar-refractivity contribution in [1.82, 2.24) is 4.37 Å². The van der Waals surface area contributed by atoms with Gasteiger partial charge in [0.15, 0.2) is 16.6 Å². The molecule has 1 aliphatic heterocycles. The van der Waals surface area contributed by atoms with E-state index in [2.05, 4.69) is 23.1 Å². The molecular formula is C11H19N3OS. The molecule has 2 N–H and O–H groups in total. The van der Waals surface area contributed by atoms with Crippen molar-refractivity contribution < 1.29 is 4.74 Å². The van der Waals surface area contributed by atoms with Crippen molar-refractivity contribution in [1.29, 1.82) is 0 Å². The van der Waals surface area contributed by atoms with Crippen molar-refractivity contribution in [3.8, 4) is 5.75 Å². The molecule has 0 radical (unpaired) electrons. The van der Waals surface area contributed by atoms with Crippen LogP contribution < -0.4 is 15.4 Å². The zero-order chi connectivity index (χ0) is 11.7. The lowest BCUT2D eigenvalue weighted by molar-refractivity contribution is 0.358. The van der Waals surface area contributed by atoms with Gasteiger partial charge in [0.25, 0.3) is 0 Å². The van der Waals surface area contributed by atoms with Gasteiger partial charge in [-0.2, -0.15) is 4.37 Å². The first-order chi connectivity index (χ1) is 7.65. The number of methoxy groups -OCH3 is 1. The van der Waals surface area contributed by atoms with E-state index in [1.807, 2.05) is 0 Å². The Hall–Kier alpha value is -0.970. The summed E-state index contributed by atoms with van der Waals surface area (Å²) in [4.78, 5) is 2.38. The molecule has 2 atom stereocenters. The first-order valence-electron chi connectivity index (χ1n) is 5.71. The highest BCUT2D eigenvalue weighted by Crippen LogP contribution is 2.41. The highest BCUT2D eigenvalue weighted by atomic mass is 32.1. The second kappa shape index (κ2) is 4.49. The SMILES string of the molecule is COc1c(N)nsc1N1CCCC(C)C1C. The fourth-order valence-corrected chi connectivity index (χ4v) is 3.18. The molecule has 0 amide bonds. The van der Waals surface area contributed by atoms with E-state index in [4.69, 9.17) is 10.5 Å². The fourth-order valence-electron chi connectivity index (χ4n) is 2.28. The number of nitrogen functional groups attached to an aromatic ring is 1. The topological polar surface area (TPSA) is 51.4 Å². The Bertz CT molecular complexity index is 366. The Morgan fingerprint density at radius 1 is 1.50 bits per heavy atom. The Balaban J connectivity index is 2.28. The normalized spacial score (nSPS) is 25.8. The van der Waals surface area contributed by atoms with Crippen LogP contribution in [-0.4, -0.2) is 24.1 Å². The predicted octanol–water partition coefficient (Wildman–Crippen LogP) is 2.36.